The lowest BCUT2D eigenvalue weighted by molar-refractivity contribution is -0.147. The number of carbonyl (C=O) groups excluding carboxylic acids is 1. The molecule has 0 fully saturated rings. The number of urea groups is 1. The van der Waals surface area contributed by atoms with Crippen molar-refractivity contribution < 1.29 is 19.1 Å². The normalized spacial score (nSPS) is 14.9. The summed E-state index contributed by atoms with van der Waals surface area (Å²) < 4.78 is 13.1. The van der Waals surface area contributed by atoms with Crippen LogP contribution < -0.4 is 10.6 Å². The third-order valence-corrected chi connectivity index (χ3v) is 3.63. The number of rotatable bonds is 6. The van der Waals surface area contributed by atoms with Crippen molar-refractivity contribution in [3.05, 3.63) is 35.6 Å². The van der Waals surface area contributed by atoms with Gasteiger partial charge in [0.05, 0.1) is 11.5 Å². The van der Waals surface area contributed by atoms with Crippen LogP contribution in [0, 0.1) is 11.2 Å². The first kappa shape index (κ1) is 16.9. The van der Waals surface area contributed by atoms with Crippen LogP contribution in [0.15, 0.2) is 24.3 Å². The molecule has 0 radical (unpaired) electrons. The van der Waals surface area contributed by atoms with Crippen LogP contribution in [0.3, 0.4) is 0 Å². The van der Waals surface area contributed by atoms with Crippen molar-refractivity contribution in [2.45, 2.75) is 33.2 Å². The molecule has 0 spiro atoms. The number of carbonyl (C=O) groups is 2. The van der Waals surface area contributed by atoms with Crippen molar-refractivity contribution in [3.8, 4) is 0 Å². The Morgan fingerprint density at radius 1 is 1.43 bits per heavy atom. The quantitative estimate of drug-likeness (QED) is 0.755. The van der Waals surface area contributed by atoms with Crippen LogP contribution in [-0.2, 0) is 4.79 Å². The van der Waals surface area contributed by atoms with E-state index in [2.05, 4.69) is 10.6 Å². The first-order valence-electron chi connectivity index (χ1n) is 6.81. The van der Waals surface area contributed by atoms with Gasteiger partial charge in [-0.1, -0.05) is 19.1 Å². The van der Waals surface area contributed by atoms with Crippen molar-refractivity contribution in [2.24, 2.45) is 5.41 Å². The molecule has 116 valence electrons. The molecular weight excluding hydrogens is 275 g/mol. The summed E-state index contributed by atoms with van der Waals surface area (Å²) in [5.41, 5.74) is -0.360. The minimum Gasteiger partial charge on any atom is -0.481 e. The molecule has 2 unspecified atom stereocenters. The molecule has 1 rings (SSSR count). The summed E-state index contributed by atoms with van der Waals surface area (Å²) in [6.45, 7) is 5.08. The minimum absolute atomic E-state index is 0.0283. The lowest BCUT2D eigenvalue weighted by Crippen LogP contribution is -2.45. The number of amides is 2. The van der Waals surface area contributed by atoms with E-state index in [1.165, 1.54) is 12.1 Å². The fourth-order valence-corrected chi connectivity index (χ4v) is 1.73. The first-order valence-corrected chi connectivity index (χ1v) is 6.81. The average molecular weight is 296 g/mol. The maximum absolute atomic E-state index is 13.1. The van der Waals surface area contributed by atoms with Gasteiger partial charge in [0.25, 0.3) is 0 Å². The molecule has 0 saturated heterocycles. The number of benzene rings is 1. The molecule has 0 bridgehead atoms. The Kier molecular flexibility index (Phi) is 5.69. The van der Waals surface area contributed by atoms with Crippen LogP contribution >= 0.6 is 0 Å². The second-order valence-corrected chi connectivity index (χ2v) is 5.32. The second kappa shape index (κ2) is 7.06. The smallest absolute Gasteiger partial charge is 0.315 e. The van der Waals surface area contributed by atoms with Crippen LogP contribution in [0.25, 0.3) is 0 Å². The summed E-state index contributed by atoms with van der Waals surface area (Å²) in [6.07, 6.45) is 0.405. The predicted octanol–water partition coefficient (Wildman–Crippen LogP) is 2.69. The monoisotopic (exact) mass is 296 g/mol. The van der Waals surface area contributed by atoms with Crippen LogP contribution in [0.4, 0.5) is 9.18 Å². The molecule has 0 saturated carbocycles. The van der Waals surface area contributed by atoms with Crippen molar-refractivity contribution in [3.63, 3.8) is 0 Å². The molecular formula is C15H21FN2O3. The number of halogens is 1. The van der Waals surface area contributed by atoms with Gasteiger partial charge in [0, 0.05) is 6.54 Å². The number of carboxylic acid groups (broad SMARTS) is 1. The lowest BCUT2D eigenvalue weighted by atomic mass is 9.88. The van der Waals surface area contributed by atoms with Gasteiger partial charge in [-0.15, -0.1) is 0 Å². The maximum Gasteiger partial charge on any atom is 0.315 e. The zero-order valence-electron chi connectivity index (χ0n) is 12.4. The van der Waals surface area contributed by atoms with E-state index in [1.54, 1.807) is 32.9 Å². The maximum atomic E-state index is 13.1. The van der Waals surface area contributed by atoms with Gasteiger partial charge in [-0.05, 0) is 38.0 Å². The number of hydrogen-bond acceptors (Lipinski definition) is 2. The van der Waals surface area contributed by atoms with E-state index in [0.29, 0.717) is 12.0 Å². The van der Waals surface area contributed by atoms with Gasteiger partial charge in [0.15, 0.2) is 0 Å². The highest BCUT2D eigenvalue weighted by Crippen LogP contribution is 2.20. The van der Waals surface area contributed by atoms with Crippen LogP contribution in [-0.4, -0.2) is 23.7 Å². The zero-order valence-corrected chi connectivity index (χ0v) is 12.4. The Bertz CT molecular complexity index is 521. The summed E-state index contributed by atoms with van der Waals surface area (Å²) in [4.78, 5) is 22.9. The Labute approximate surface area is 123 Å². The third-order valence-electron chi connectivity index (χ3n) is 3.63. The molecule has 5 nitrogen and oxygen atoms in total. The predicted molar refractivity (Wildman–Crippen MR) is 77.4 cm³/mol. The van der Waals surface area contributed by atoms with Gasteiger partial charge in [0.2, 0.25) is 0 Å². The van der Waals surface area contributed by atoms with E-state index in [0.717, 1.165) is 0 Å². The summed E-state index contributed by atoms with van der Waals surface area (Å²) in [5, 5.41) is 14.3. The number of carboxylic acids is 1. The van der Waals surface area contributed by atoms with E-state index >= 15 is 0 Å². The highest BCUT2D eigenvalue weighted by atomic mass is 19.1. The van der Waals surface area contributed by atoms with E-state index in [1.807, 2.05) is 0 Å². The van der Waals surface area contributed by atoms with E-state index in [-0.39, 0.29) is 18.4 Å². The molecule has 0 aliphatic carbocycles. The van der Waals surface area contributed by atoms with Crippen LogP contribution in [0.5, 0.6) is 0 Å². The Balaban J connectivity index is 2.56. The molecule has 0 aromatic heterocycles. The van der Waals surface area contributed by atoms with Gasteiger partial charge in [-0.2, -0.15) is 0 Å². The van der Waals surface area contributed by atoms with Crippen molar-refractivity contribution >= 4 is 12.0 Å². The highest BCUT2D eigenvalue weighted by molar-refractivity contribution is 5.78. The summed E-state index contributed by atoms with van der Waals surface area (Å²) in [7, 11) is 0. The number of hydrogen-bond donors (Lipinski definition) is 3. The molecule has 0 aliphatic heterocycles. The molecule has 3 N–H and O–H groups in total. The molecule has 0 heterocycles. The first-order chi connectivity index (χ1) is 9.78. The summed E-state index contributed by atoms with van der Waals surface area (Å²) >= 11 is 0. The Morgan fingerprint density at radius 3 is 2.62 bits per heavy atom. The van der Waals surface area contributed by atoms with Gasteiger partial charge in [-0.25, -0.2) is 9.18 Å². The number of aliphatic carboxylic acids is 1. The van der Waals surface area contributed by atoms with Crippen LogP contribution in [0.2, 0.25) is 0 Å². The zero-order chi connectivity index (χ0) is 16.0. The molecule has 6 heteroatoms. The lowest BCUT2D eigenvalue weighted by Gasteiger charge is -2.24. The summed E-state index contributed by atoms with van der Waals surface area (Å²) in [5.74, 6) is -1.32. The minimum atomic E-state index is -1.00. The number of nitrogens with one attached hydrogen (secondary N) is 2. The second-order valence-electron chi connectivity index (χ2n) is 5.32. The van der Waals surface area contributed by atoms with E-state index < -0.39 is 17.4 Å². The fourth-order valence-electron chi connectivity index (χ4n) is 1.73. The van der Waals surface area contributed by atoms with Crippen molar-refractivity contribution in [2.75, 3.05) is 6.54 Å². The standard InChI is InChI=1S/C15H21FN2O3/c1-4-15(3,13(19)20)9-17-14(21)18-10(2)11-6-5-7-12(16)8-11/h5-8,10H,4,9H2,1-3H3,(H,19,20)(H2,17,18,21). The van der Waals surface area contributed by atoms with Gasteiger partial charge < -0.3 is 15.7 Å². The van der Waals surface area contributed by atoms with Gasteiger partial charge in [0.1, 0.15) is 5.82 Å². The van der Waals surface area contributed by atoms with E-state index in [4.69, 9.17) is 5.11 Å². The van der Waals surface area contributed by atoms with Crippen molar-refractivity contribution in [1.29, 1.82) is 0 Å². The fraction of sp³-hybridized carbons (Fsp3) is 0.467. The molecule has 2 amide bonds. The van der Waals surface area contributed by atoms with Gasteiger partial charge >= 0.3 is 12.0 Å². The molecule has 21 heavy (non-hydrogen) atoms. The average Bonchev–Trinajstić information content (AvgIpc) is 2.44. The topological polar surface area (TPSA) is 78.4 Å². The van der Waals surface area contributed by atoms with Crippen molar-refractivity contribution in [1.82, 2.24) is 10.6 Å². The largest absolute Gasteiger partial charge is 0.481 e. The molecule has 1 aromatic rings. The third kappa shape index (κ3) is 4.73. The highest BCUT2D eigenvalue weighted by Gasteiger charge is 2.31. The van der Waals surface area contributed by atoms with E-state index in [9.17, 15) is 14.0 Å². The summed E-state index contributed by atoms with van der Waals surface area (Å²) in [6, 6.07) is 5.10. The Morgan fingerprint density at radius 2 is 2.10 bits per heavy atom. The van der Waals surface area contributed by atoms with Crippen LogP contribution in [0.1, 0.15) is 38.8 Å². The Hall–Kier alpha value is -2.11. The SMILES string of the molecule is CCC(C)(CNC(=O)NC(C)c1cccc(F)c1)C(=O)O. The molecule has 1 aromatic carbocycles. The molecule has 0 aliphatic rings. The molecule has 2 atom stereocenters. The van der Waals surface area contributed by atoms with Gasteiger partial charge in [-0.3, -0.25) is 4.79 Å².